The van der Waals surface area contributed by atoms with Crippen molar-refractivity contribution in [3.63, 3.8) is 0 Å². The number of rotatable bonds is 4. The van der Waals surface area contributed by atoms with Crippen molar-refractivity contribution in [2.75, 3.05) is 7.11 Å². The molecule has 0 saturated heterocycles. The summed E-state index contributed by atoms with van der Waals surface area (Å²) in [7, 11) is 1.17. The molecule has 0 saturated carbocycles. The van der Waals surface area contributed by atoms with E-state index in [9.17, 15) is 22.8 Å². The van der Waals surface area contributed by atoms with E-state index in [0.29, 0.717) is 5.56 Å². The molecule has 0 aromatic heterocycles. The predicted molar refractivity (Wildman–Crippen MR) is 107 cm³/mol. The van der Waals surface area contributed by atoms with Gasteiger partial charge in [-0.15, -0.1) is 0 Å². The molecule has 2 aromatic carbocycles. The smallest absolute Gasteiger partial charge is 0.416 e. The van der Waals surface area contributed by atoms with Crippen LogP contribution in [0.1, 0.15) is 25.0 Å². The highest BCUT2D eigenvalue weighted by Gasteiger charge is 2.38. The fourth-order valence-corrected chi connectivity index (χ4v) is 3.19. The summed E-state index contributed by atoms with van der Waals surface area (Å²) < 4.78 is 54.4. The Hall–Kier alpha value is -3.00. The molecule has 164 valence electrons. The van der Waals surface area contributed by atoms with Crippen LogP contribution >= 0.6 is 11.6 Å². The molecule has 0 radical (unpaired) electrons. The first kappa shape index (κ1) is 22.7. The summed E-state index contributed by atoms with van der Waals surface area (Å²) in [6, 6.07) is 8.92. The summed E-state index contributed by atoms with van der Waals surface area (Å²) in [4.78, 5) is 24.8. The van der Waals surface area contributed by atoms with Gasteiger partial charge in [0, 0.05) is 5.56 Å². The third-order valence-electron chi connectivity index (χ3n) is 4.89. The molecule has 2 aromatic rings. The first-order chi connectivity index (χ1) is 14.5. The molecule has 1 heterocycles. The molecule has 0 spiro atoms. The van der Waals surface area contributed by atoms with Crippen LogP contribution in [-0.2, 0) is 25.2 Å². The Morgan fingerprint density at radius 1 is 1.10 bits per heavy atom. The molecule has 2 atom stereocenters. The first-order valence-electron chi connectivity index (χ1n) is 9.21. The van der Waals surface area contributed by atoms with Gasteiger partial charge in [0.1, 0.15) is 28.9 Å². The van der Waals surface area contributed by atoms with Crippen LogP contribution in [0.5, 0.6) is 11.5 Å². The molecule has 9 heteroatoms. The second kappa shape index (κ2) is 8.63. The van der Waals surface area contributed by atoms with E-state index < -0.39 is 29.7 Å². The fourth-order valence-electron chi connectivity index (χ4n) is 2.97. The maximum absolute atomic E-state index is 12.8. The van der Waals surface area contributed by atoms with E-state index in [1.807, 2.05) is 0 Å². The quantitative estimate of drug-likeness (QED) is 0.440. The van der Waals surface area contributed by atoms with Gasteiger partial charge in [0.15, 0.2) is 5.78 Å². The highest BCUT2D eigenvalue weighted by atomic mass is 35.5. The summed E-state index contributed by atoms with van der Waals surface area (Å²) in [5.74, 6) is -1.26. The molecule has 2 unspecified atom stereocenters. The Labute approximate surface area is 181 Å². The van der Waals surface area contributed by atoms with Crippen LogP contribution in [0, 0.1) is 5.92 Å². The number of halogens is 4. The molecule has 1 aliphatic rings. The van der Waals surface area contributed by atoms with Crippen molar-refractivity contribution in [2.24, 2.45) is 5.92 Å². The Kier molecular flexibility index (Phi) is 6.31. The number of carbonyl (C=O) groups excluding carboxylic acids is 2. The molecule has 0 aliphatic carbocycles. The average Bonchev–Trinajstić information content (AvgIpc) is 2.72. The highest BCUT2D eigenvalue weighted by Crippen LogP contribution is 2.37. The lowest BCUT2D eigenvalue weighted by Crippen LogP contribution is -2.35. The standard InChI is InChI=1S/C22H18ClF3O5/c1-11-12(2)30-20(18(19(11)27)21(28)29-3)13-4-7-15(8-5-13)31-17-9-6-14(10-16(17)23)22(24,25)26/h4-12H,1-3H3. The second-order valence-electron chi connectivity index (χ2n) is 6.94. The van der Waals surface area contributed by atoms with E-state index in [2.05, 4.69) is 0 Å². The summed E-state index contributed by atoms with van der Waals surface area (Å²) >= 11 is 5.91. The molecule has 5 nitrogen and oxygen atoms in total. The van der Waals surface area contributed by atoms with Crippen LogP contribution in [0.2, 0.25) is 5.02 Å². The number of alkyl halides is 3. The summed E-state index contributed by atoms with van der Waals surface area (Å²) in [5.41, 5.74) is -0.615. The van der Waals surface area contributed by atoms with E-state index >= 15 is 0 Å². The molecule has 1 aliphatic heterocycles. The van der Waals surface area contributed by atoms with Crippen LogP contribution in [0.4, 0.5) is 13.2 Å². The minimum absolute atomic E-state index is 0.0448. The first-order valence-corrected chi connectivity index (χ1v) is 9.59. The van der Waals surface area contributed by atoms with E-state index in [0.717, 1.165) is 18.2 Å². The normalized spacial score (nSPS) is 19.1. The largest absolute Gasteiger partial charge is 0.488 e. The maximum atomic E-state index is 12.8. The van der Waals surface area contributed by atoms with Gasteiger partial charge in [0.2, 0.25) is 0 Å². The van der Waals surface area contributed by atoms with Gasteiger partial charge in [-0.05, 0) is 49.4 Å². The molecule has 0 bridgehead atoms. The van der Waals surface area contributed by atoms with Gasteiger partial charge in [-0.25, -0.2) is 4.79 Å². The topological polar surface area (TPSA) is 61.8 Å². The van der Waals surface area contributed by atoms with E-state index in [1.165, 1.54) is 19.2 Å². The van der Waals surface area contributed by atoms with E-state index in [4.69, 9.17) is 25.8 Å². The molecule has 3 rings (SSSR count). The zero-order valence-electron chi connectivity index (χ0n) is 16.7. The zero-order valence-corrected chi connectivity index (χ0v) is 17.5. The van der Waals surface area contributed by atoms with Crippen molar-refractivity contribution in [3.8, 4) is 11.5 Å². The number of hydrogen-bond acceptors (Lipinski definition) is 5. The minimum Gasteiger partial charge on any atom is -0.488 e. The van der Waals surface area contributed by atoms with Crippen molar-refractivity contribution >= 4 is 29.1 Å². The minimum atomic E-state index is -4.51. The van der Waals surface area contributed by atoms with Gasteiger partial charge in [0.05, 0.1) is 23.6 Å². The van der Waals surface area contributed by atoms with Crippen LogP contribution in [-0.4, -0.2) is 25.0 Å². The highest BCUT2D eigenvalue weighted by molar-refractivity contribution is 6.32. The summed E-state index contributed by atoms with van der Waals surface area (Å²) in [6.45, 7) is 3.39. The summed E-state index contributed by atoms with van der Waals surface area (Å²) in [6.07, 6.45) is -4.96. The lowest BCUT2D eigenvalue weighted by Gasteiger charge is -2.29. The maximum Gasteiger partial charge on any atom is 0.416 e. The number of benzene rings is 2. The fraction of sp³-hybridized carbons (Fsp3) is 0.273. The summed E-state index contributed by atoms with van der Waals surface area (Å²) in [5, 5.41) is -0.196. The van der Waals surface area contributed by atoms with Crippen LogP contribution < -0.4 is 4.74 Å². The number of ether oxygens (including phenoxy) is 3. The van der Waals surface area contributed by atoms with Crippen molar-refractivity contribution in [1.29, 1.82) is 0 Å². The van der Waals surface area contributed by atoms with Gasteiger partial charge < -0.3 is 14.2 Å². The molecule has 31 heavy (non-hydrogen) atoms. The number of Topliss-reactive ketones (excluding diaryl/α,β-unsaturated/α-hetero) is 1. The SMILES string of the molecule is COC(=O)C1=C(c2ccc(Oc3ccc(C(F)(F)F)cc3Cl)cc2)OC(C)C(C)C1=O. The number of hydrogen-bond donors (Lipinski definition) is 0. The molecular formula is C22H18ClF3O5. The average molecular weight is 455 g/mol. The Morgan fingerprint density at radius 2 is 1.74 bits per heavy atom. The molecular weight excluding hydrogens is 437 g/mol. The zero-order chi connectivity index (χ0) is 22.9. The number of esters is 1. The molecule has 0 N–H and O–H groups in total. The molecule has 0 fully saturated rings. The Bertz CT molecular complexity index is 1040. The third-order valence-corrected chi connectivity index (χ3v) is 5.18. The van der Waals surface area contributed by atoms with Gasteiger partial charge in [-0.3, -0.25) is 4.79 Å². The van der Waals surface area contributed by atoms with Gasteiger partial charge in [-0.1, -0.05) is 18.5 Å². The Morgan fingerprint density at radius 3 is 2.29 bits per heavy atom. The van der Waals surface area contributed by atoms with Crippen molar-refractivity contribution in [3.05, 3.63) is 64.2 Å². The lowest BCUT2D eigenvalue weighted by atomic mass is 9.89. The van der Waals surface area contributed by atoms with Gasteiger partial charge in [-0.2, -0.15) is 13.2 Å². The second-order valence-corrected chi connectivity index (χ2v) is 7.35. The van der Waals surface area contributed by atoms with Crippen molar-refractivity contribution in [1.82, 2.24) is 0 Å². The van der Waals surface area contributed by atoms with Crippen LogP contribution in [0.3, 0.4) is 0 Å². The van der Waals surface area contributed by atoms with Gasteiger partial charge >= 0.3 is 12.1 Å². The number of carbonyl (C=O) groups is 2. The van der Waals surface area contributed by atoms with Crippen molar-refractivity contribution in [2.45, 2.75) is 26.1 Å². The van der Waals surface area contributed by atoms with Crippen molar-refractivity contribution < 1.29 is 37.0 Å². The Balaban J connectivity index is 1.90. The van der Waals surface area contributed by atoms with Crippen LogP contribution in [0.25, 0.3) is 5.76 Å². The van der Waals surface area contributed by atoms with E-state index in [1.54, 1.807) is 26.0 Å². The number of methoxy groups -OCH3 is 1. The van der Waals surface area contributed by atoms with E-state index in [-0.39, 0.29) is 33.6 Å². The van der Waals surface area contributed by atoms with Gasteiger partial charge in [0.25, 0.3) is 0 Å². The lowest BCUT2D eigenvalue weighted by molar-refractivity contribution is -0.140. The monoisotopic (exact) mass is 454 g/mol. The number of ketones is 1. The molecule has 0 amide bonds. The predicted octanol–water partition coefficient (Wildman–Crippen LogP) is 5.66. The van der Waals surface area contributed by atoms with Crippen LogP contribution in [0.15, 0.2) is 48.0 Å². The third kappa shape index (κ3) is 4.69.